The monoisotopic (exact) mass is 272 g/mol. The van der Waals surface area contributed by atoms with E-state index in [1.807, 2.05) is 42.5 Å². The van der Waals surface area contributed by atoms with E-state index >= 15 is 0 Å². The Bertz CT molecular complexity index is 544. The molecule has 0 aliphatic rings. The summed E-state index contributed by atoms with van der Waals surface area (Å²) in [5.41, 5.74) is 1.95. The summed E-state index contributed by atoms with van der Waals surface area (Å²) in [6.07, 6.45) is 1.01. The van der Waals surface area contributed by atoms with Crippen molar-refractivity contribution < 1.29 is 9.47 Å². The second-order valence-corrected chi connectivity index (χ2v) is 4.40. The second-order valence-electron chi connectivity index (χ2n) is 4.40. The summed E-state index contributed by atoms with van der Waals surface area (Å²) in [6.45, 7) is 3.48. The lowest BCUT2D eigenvalue weighted by Gasteiger charge is -2.09. The van der Waals surface area contributed by atoms with Crippen LogP contribution in [-0.4, -0.2) is 18.7 Å². The molecule has 0 aliphatic heterocycles. The smallest absolute Gasteiger partial charge is 0.213 e. The van der Waals surface area contributed by atoms with Crippen LogP contribution in [0.2, 0.25) is 0 Å². The first-order chi connectivity index (χ1) is 9.81. The maximum Gasteiger partial charge on any atom is 0.213 e. The van der Waals surface area contributed by atoms with E-state index in [0.717, 1.165) is 30.2 Å². The molecule has 0 saturated carbocycles. The number of nitrogens with one attached hydrogen (secondary N) is 1. The zero-order valence-electron chi connectivity index (χ0n) is 11.9. The number of aromatic nitrogens is 1. The lowest BCUT2D eigenvalue weighted by atomic mass is 10.3. The fourth-order valence-electron chi connectivity index (χ4n) is 1.78. The molecule has 4 heteroatoms. The van der Waals surface area contributed by atoms with Gasteiger partial charge in [-0.1, -0.05) is 19.1 Å². The van der Waals surface area contributed by atoms with E-state index in [9.17, 15) is 0 Å². The van der Waals surface area contributed by atoms with Gasteiger partial charge in [0, 0.05) is 17.8 Å². The van der Waals surface area contributed by atoms with E-state index in [1.54, 1.807) is 7.11 Å². The summed E-state index contributed by atoms with van der Waals surface area (Å²) in [6, 6.07) is 13.7. The summed E-state index contributed by atoms with van der Waals surface area (Å²) in [5, 5.41) is 3.33. The molecule has 1 aromatic heterocycles. The van der Waals surface area contributed by atoms with Crippen molar-refractivity contribution in [2.45, 2.75) is 19.9 Å². The van der Waals surface area contributed by atoms with Gasteiger partial charge >= 0.3 is 0 Å². The van der Waals surface area contributed by atoms with E-state index in [2.05, 4.69) is 17.2 Å². The van der Waals surface area contributed by atoms with Crippen molar-refractivity contribution in [3.05, 3.63) is 48.2 Å². The van der Waals surface area contributed by atoms with Gasteiger partial charge in [-0.2, -0.15) is 0 Å². The van der Waals surface area contributed by atoms with Gasteiger partial charge in [-0.15, -0.1) is 0 Å². The molecule has 0 spiro atoms. The van der Waals surface area contributed by atoms with Crippen LogP contribution in [0.3, 0.4) is 0 Å². The molecule has 2 aromatic rings. The molecule has 1 heterocycles. The average Bonchev–Trinajstić information content (AvgIpc) is 2.51. The molecule has 0 aliphatic carbocycles. The standard InChI is InChI=1S/C16H20N2O2/c1-3-10-20-15-8-4-6-13(11-15)17-12-14-7-5-9-16(18-14)19-2/h4-9,11,17H,3,10,12H2,1-2H3. The molecular weight excluding hydrogens is 252 g/mol. The van der Waals surface area contributed by atoms with Gasteiger partial charge in [0.15, 0.2) is 0 Å². The number of hydrogen-bond donors (Lipinski definition) is 1. The lowest BCUT2D eigenvalue weighted by Crippen LogP contribution is -2.03. The molecule has 4 nitrogen and oxygen atoms in total. The number of methoxy groups -OCH3 is 1. The van der Waals surface area contributed by atoms with Gasteiger partial charge in [0.25, 0.3) is 0 Å². The molecule has 0 saturated heterocycles. The maximum absolute atomic E-state index is 5.61. The summed E-state index contributed by atoms with van der Waals surface area (Å²) < 4.78 is 10.7. The average molecular weight is 272 g/mol. The minimum absolute atomic E-state index is 0.629. The highest BCUT2D eigenvalue weighted by Gasteiger charge is 1.99. The summed E-state index contributed by atoms with van der Waals surface area (Å²) in [4.78, 5) is 4.36. The van der Waals surface area contributed by atoms with Crippen LogP contribution in [0, 0.1) is 0 Å². The normalized spacial score (nSPS) is 10.1. The first kappa shape index (κ1) is 14.2. The fourth-order valence-corrected chi connectivity index (χ4v) is 1.78. The lowest BCUT2D eigenvalue weighted by molar-refractivity contribution is 0.317. The number of pyridine rings is 1. The van der Waals surface area contributed by atoms with Crippen LogP contribution in [-0.2, 0) is 6.54 Å². The zero-order chi connectivity index (χ0) is 14.2. The number of ether oxygens (including phenoxy) is 2. The molecule has 0 bridgehead atoms. The predicted octanol–water partition coefficient (Wildman–Crippen LogP) is 3.49. The van der Waals surface area contributed by atoms with Gasteiger partial charge in [-0.3, -0.25) is 0 Å². The van der Waals surface area contributed by atoms with E-state index in [4.69, 9.17) is 9.47 Å². The molecule has 106 valence electrons. The Hall–Kier alpha value is -2.23. The van der Waals surface area contributed by atoms with Crippen LogP contribution in [0.4, 0.5) is 5.69 Å². The third-order valence-electron chi connectivity index (χ3n) is 2.77. The molecule has 2 rings (SSSR count). The highest BCUT2D eigenvalue weighted by Crippen LogP contribution is 2.18. The van der Waals surface area contributed by atoms with Crippen molar-refractivity contribution in [1.29, 1.82) is 0 Å². The van der Waals surface area contributed by atoms with Crippen LogP contribution in [0.5, 0.6) is 11.6 Å². The molecule has 1 aromatic carbocycles. The summed E-state index contributed by atoms with van der Waals surface area (Å²) in [5.74, 6) is 1.51. The maximum atomic E-state index is 5.61. The predicted molar refractivity (Wildman–Crippen MR) is 80.3 cm³/mol. The summed E-state index contributed by atoms with van der Waals surface area (Å²) in [7, 11) is 1.62. The quantitative estimate of drug-likeness (QED) is 0.838. The van der Waals surface area contributed by atoms with Crippen molar-refractivity contribution in [3.8, 4) is 11.6 Å². The molecule has 0 unspecified atom stereocenters. The van der Waals surface area contributed by atoms with Crippen molar-refractivity contribution in [3.63, 3.8) is 0 Å². The zero-order valence-corrected chi connectivity index (χ0v) is 11.9. The number of nitrogens with zero attached hydrogens (tertiary/aromatic N) is 1. The Balaban J connectivity index is 1.95. The Morgan fingerprint density at radius 1 is 1.15 bits per heavy atom. The van der Waals surface area contributed by atoms with Crippen LogP contribution in [0.25, 0.3) is 0 Å². The van der Waals surface area contributed by atoms with E-state index in [0.29, 0.717) is 12.4 Å². The van der Waals surface area contributed by atoms with Crippen molar-refractivity contribution in [2.75, 3.05) is 19.0 Å². The third-order valence-corrected chi connectivity index (χ3v) is 2.77. The van der Waals surface area contributed by atoms with Crippen LogP contribution >= 0.6 is 0 Å². The minimum atomic E-state index is 0.629. The molecule has 1 N–H and O–H groups in total. The Morgan fingerprint density at radius 2 is 2.00 bits per heavy atom. The van der Waals surface area contributed by atoms with Crippen LogP contribution in [0.1, 0.15) is 19.0 Å². The molecule has 0 atom stereocenters. The highest BCUT2D eigenvalue weighted by atomic mass is 16.5. The van der Waals surface area contributed by atoms with Gasteiger partial charge in [0.2, 0.25) is 5.88 Å². The van der Waals surface area contributed by atoms with E-state index in [-0.39, 0.29) is 0 Å². The van der Waals surface area contributed by atoms with E-state index < -0.39 is 0 Å². The van der Waals surface area contributed by atoms with Gasteiger partial charge in [0.1, 0.15) is 5.75 Å². The third kappa shape index (κ3) is 4.16. The molecule has 20 heavy (non-hydrogen) atoms. The van der Waals surface area contributed by atoms with Crippen molar-refractivity contribution >= 4 is 5.69 Å². The van der Waals surface area contributed by atoms with Crippen LogP contribution in [0.15, 0.2) is 42.5 Å². The minimum Gasteiger partial charge on any atom is -0.494 e. The SMILES string of the molecule is CCCOc1cccc(NCc2cccc(OC)n2)c1. The fraction of sp³-hybridized carbons (Fsp3) is 0.312. The number of hydrogen-bond acceptors (Lipinski definition) is 4. The van der Waals surface area contributed by atoms with Crippen molar-refractivity contribution in [1.82, 2.24) is 4.98 Å². The van der Waals surface area contributed by atoms with Crippen LogP contribution < -0.4 is 14.8 Å². The molecule has 0 radical (unpaired) electrons. The molecule has 0 amide bonds. The molecule has 0 fully saturated rings. The van der Waals surface area contributed by atoms with E-state index in [1.165, 1.54) is 0 Å². The van der Waals surface area contributed by atoms with Crippen molar-refractivity contribution in [2.24, 2.45) is 0 Å². The number of anilines is 1. The Labute approximate surface area is 119 Å². The first-order valence-corrected chi connectivity index (χ1v) is 6.78. The first-order valence-electron chi connectivity index (χ1n) is 6.78. The summed E-state index contributed by atoms with van der Waals surface area (Å²) >= 11 is 0. The van der Waals surface area contributed by atoms with Gasteiger partial charge in [0.05, 0.1) is 26.0 Å². The number of benzene rings is 1. The van der Waals surface area contributed by atoms with Gasteiger partial charge < -0.3 is 14.8 Å². The molecular formula is C16H20N2O2. The number of rotatable bonds is 7. The topological polar surface area (TPSA) is 43.4 Å². The largest absolute Gasteiger partial charge is 0.494 e. The van der Waals surface area contributed by atoms with Gasteiger partial charge in [-0.05, 0) is 24.6 Å². The Kier molecular flexibility index (Phi) is 5.24. The highest BCUT2D eigenvalue weighted by molar-refractivity contribution is 5.48. The Morgan fingerprint density at radius 3 is 2.80 bits per heavy atom. The second kappa shape index (κ2) is 7.38. The van der Waals surface area contributed by atoms with Gasteiger partial charge in [-0.25, -0.2) is 4.98 Å².